The Bertz CT molecular complexity index is 1540. The van der Waals surface area contributed by atoms with Gasteiger partial charge in [0, 0.05) is 22.8 Å². The van der Waals surface area contributed by atoms with Crippen molar-refractivity contribution in [3.63, 3.8) is 0 Å². The first-order valence-electron chi connectivity index (χ1n) is 9.68. The lowest BCUT2D eigenvalue weighted by Gasteiger charge is -1.98. The third kappa shape index (κ3) is 3.49. The van der Waals surface area contributed by atoms with E-state index in [-0.39, 0.29) is 11.3 Å². The number of carbonyl (C=O) groups is 1. The highest BCUT2D eigenvalue weighted by molar-refractivity contribution is 7.15. The maximum absolute atomic E-state index is 12.8. The minimum absolute atomic E-state index is 0.0184. The van der Waals surface area contributed by atoms with E-state index in [2.05, 4.69) is 10.1 Å². The number of furan rings is 1. The van der Waals surface area contributed by atoms with Crippen LogP contribution in [0.15, 0.2) is 69.9 Å². The second kappa shape index (κ2) is 7.45. The van der Waals surface area contributed by atoms with Gasteiger partial charge in [0.2, 0.25) is 4.96 Å². The number of fused-ring (bicyclic) bond motifs is 1. The molecule has 0 atom stereocenters. The Morgan fingerprint density at radius 1 is 1.06 bits per heavy atom. The van der Waals surface area contributed by atoms with Crippen molar-refractivity contribution in [3.05, 3.63) is 92.4 Å². The van der Waals surface area contributed by atoms with Crippen molar-refractivity contribution in [3.8, 4) is 22.7 Å². The van der Waals surface area contributed by atoms with Crippen LogP contribution in [-0.2, 0) is 0 Å². The molecule has 0 spiro atoms. The number of nitrogens with zero attached hydrogens (tertiary/aromatic N) is 3. The summed E-state index contributed by atoms with van der Waals surface area (Å²) in [4.78, 5) is 29.3. The Hall–Kier alpha value is -3.84. The summed E-state index contributed by atoms with van der Waals surface area (Å²) in [6.45, 7) is 3.52. The van der Waals surface area contributed by atoms with Gasteiger partial charge in [-0.3, -0.25) is 9.59 Å². The summed E-state index contributed by atoms with van der Waals surface area (Å²) in [6.07, 6.45) is 1.70. The third-order valence-electron chi connectivity index (χ3n) is 5.04. The van der Waals surface area contributed by atoms with Crippen LogP contribution >= 0.6 is 11.3 Å². The summed E-state index contributed by atoms with van der Waals surface area (Å²) in [5, 5.41) is 4.41. The van der Waals surface area contributed by atoms with Crippen LogP contribution in [0.4, 0.5) is 0 Å². The molecule has 0 saturated heterocycles. The molecular weight excluding hydrogens is 410 g/mol. The monoisotopic (exact) mass is 427 g/mol. The second-order valence-electron chi connectivity index (χ2n) is 7.20. The number of rotatable bonds is 4. The summed E-state index contributed by atoms with van der Waals surface area (Å²) in [5.74, 6) is 1.79. The molecule has 0 aliphatic carbocycles. The second-order valence-corrected chi connectivity index (χ2v) is 8.21. The lowest BCUT2D eigenvalue weighted by atomic mass is 10.1. The van der Waals surface area contributed by atoms with Crippen molar-refractivity contribution in [1.29, 1.82) is 0 Å². The normalized spacial score (nSPS) is 12.0. The van der Waals surface area contributed by atoms with E-state index < -0.39 is 0 Å². The van der Waals surface area contributed by atoms with E-state index in [0.29, 0.717) is 32.4 Å². The summed E-state index contributed by atoms with van der Waals surface area (Å²) >= 11 is 1.27. The van der Waals surface area contributed by atoms with Gasteiger partial charge in [0.15, 0.2) is 11.6 Å². The summed E-state index contributed by atoms with van der Waals surface area (Å²) in [7, 11) is 0. The number of hydrogen-bond donors (Lipinski definition) is 0. The van der Waals surface area contributed by atoms with E-state index >= 15 is 0 Å². The summed E-state index contributed by atoms with van der Waals surface area (Å²) in [6, 6.07) is 18.7. The minimum Gasteiger partial charge on any atom is -0.457 e. The Kier molecular flexibility index (Phi) is 4.60. The van der Waals surface area contributed by atoms with Gasteiger partial charge in [-0.15, -0.1) is 5.10 Å². The average Bonchev–Trinajstić information content (AvgIpc) is 3.46. The number of thiazole rings is 1. The van der Waals surface area contributed by atoms with E-state index in [0.717, 1.165) is 16.7 Å². The molecule has 0 radical (unpaired) electrons. The van der Waals surface area contributed by atoms with Gasteiger partial charge in [0.25, 0.3) is 5.56 Å². The Balaban J connectivity index is 1.49. The maximum atomic E-state index is 12.8. The molecule has 5 rings (SSSR count). The molecule has 3 aromatic heterocycles. The van der Waals surface area contributed by atoms with Gasteiger partial charge >= 0.3 is 0 Å². The molecular formula is C24H17N3O3S. The standard InChI is InChI=1S/C24H17N3O3S/c1-14-5-3-4-6-19(14)22-25-24-27(26-22)23(29)21(31-24)13-18-11-12-20(30-18)17-9-7-16(8-10-17)15(2)28/h3-13H,1-2H3/b21-13+. The van der Waals surface area contributed by atoms with Crippen LogP contribution < -0.4 is 10.1 Å². The highest BCUT2D eigenvalue weighted by Gasteiger charge is 2.13. The Morgan fingerprint density at radius 2 is 1.84 bits per heavy atom. The summed E-state index contributed by atoms with van der Waals surface area (Å²) in [5.41, 5.74) is 3.25. The van der Waals surface area contributed by atoms with Crippen molar-refractivity contribution in [2.45, 2.75) is 13.8 Å². The van der Waals surface area contributed by atoms with Gasteiger partial charge < -0.3 is 4.42 Å². The fourth-order valence-electron chi connectivity index (χ4n) is 3.36. The molecule has 0 unspecified atom stereocenters. The zero-order valence-corrected chi connectivity index (χ0v) is 17.6. The molecule has 0 saturated carbocycles. The van der Waals surface area contributed by atoms with E-state index in [4.69, 9.17) is 4.42 Å². The predicted octanol–water partition coefficient (Wildman–Crippen LogP) is 4.14. The van der Waals surface area contributed by atoms with Gasteiger partial charge in [-0.05, 0) is 31.5 Å². The van der Waals surface area contributed by atoms with Gasteiger partial charge in [0.1, 0.15) is 16.1 Å². The zero-order chi connectivity index (χ0) is 21.5. The molecule has 0 N–H and O–H groups in total. The molecule has 2 aromatic carbocycles. The Labute approximate surface area is 181 Å². The van der Waals surface area contributed by atoms with Gasteiger partial charge in [-0.25, -0.2) is 0 Å². The third-order valence-corrected chi connectivity index (χ3v) is 6.00. The fraction of sp³-hybridized carbons (Fsp3) is 0.0833. The highest BCUT2D eigenvalue weighted by atomic mass is 32.1. The fourth-order valence-corrected chi connectivity index (χ4v) is 4.24. The largest absolute Gasteiger partial charge is 0.457 e. The molecule has 6 nitrogen and oxygen atoms in total. The van der Waals surface area contributed by atoms with Crippen LogP contribution in [0.3, 0.4) is 0 Å². The van der Waals surface area contributed by atoms with Crippen molar-refractivity contribution in [2.24, 2.45) is 0 Å². The number of Topliss-reactive ketones (excluding diaryl/α,β-unsaturated/α-hetero) is 1. The SMILES string of the molecule is CC(=O)c1ccc(-c2ccc(/C=c3/sc4nc(-c5ccccc5C)nn4c3=O)o2)cc1. The molecule has 0 fully saturated rings. The smallest absolute Gasteiger partial charge is 0.291 e. The molecule has 152 valence electrons. The maximum Gasteiger partial charge on any atom is 0.291 e. The molecule has 7 heteroatoms. The van der Waals surface area contributed by atoms with Crippen molar-refractivity contribution >= 4 is 28.2 Å². The number of ketones is 1. The lowest BCUT2D eigenvalue weighted by Crippen LogP contribution is -2.23. The molecule has 0 bridgehead atoms. The lowest BCUT2D eigenvalue weighted by molar-refractivity contribution is 0.101. The van der Waals surface area contributed by atoms with Crippen molar-refractivity contribution in [1.82, 2.24) is 14.6 Å². The topological polar surface area (TPSA) is 77.5 Å². The van der Waals surface area contributed by atoms with Crippen molar-refractivity contribution in [2.75, 3.05) is 0 Å². The predicted molar refractivity (Wildman–Crippen MR) is 120 cm³/mol. The van der Waals surface area contributed by atoms with Crippen LogP contribution in [0.5, 0.6) is 0 Å². The van der Waals surface area contributed by atoms with E-state index in [1.54, 1.807) is 18.2 Å². The molecule has 5 aromatic rings. The number of hydrogen-bond acceptors (Lipinski definition) is 6. The van der Waals surface area contributed by atoms with E-state index in [9.17, 15) is 9.59 Å². The minimum atomic E-state index is -0.226. The van der Waals surface area contributed by atoms with Crippen LogP contribution in [-0.4, -0.2) is 20.4 Å². The number of aromatic nitrogens is 3. The van der Waals surface area contributed by atoms with E-state index in [1.165, 1.54) is 22.8 Å². The van der Waals surface area contributed by atoms with Crippen LogP contribution in [0, 0.1) is 6.92 Å². The average molecular weight is 427 g/mol. The number of benzene rings is 2. The number of carbonyl (C=O) groups excluding carboxylic acids is 1. The highest BCUT2D eigenvalue weighted by Crippen LogP contribution is 2.23. The first kappa shape index (κ1) is 19.1. The van der Waals surface area contributed by atoms with Crippen molar-refractivity contribution < 1.29 is 9.21 Å². The van der Waals surface area contributed by atoms with Crippen LogP contribution in [0.1, 0.15) is 28.6 Å². The first-order valence-corrected chi connectivity index (χ1v) is 10.5. The van der Waals surface area contributed by atoms with Crippen LogP contribution in [0.2, 0.25) is 0 Å². The molecule has 3 heterocycles. The first-order chi connectivity index (χ1) is 15.0. The molecule has 31 heavy (non-hydrogen) atoms. The number of aryl methyl sites for hydroxylation is 1. The molecule has 0 aliphatic rings. The zero-order valence-electron chi connectivity index (χ0n) is 16.8. The molecule has 0 amide bonds. The molecule has 0 aliphatic heterocycles. The Morgan fingerprint density at radius 3 is 2.55 bits per heavy atom. The quantitative estimate of drug-likeness (QED) is 0.403. The van der Waals surface area contributed by atoms with Gasteiger partial charge in [-0.1, -0.05) is 59.9 Å². The van der Waals surface area contributed by atoms with E-state index in [1.807, 2.05) is 55.5 Å². The van der Waals surface area contributed by atoms with Crippen LogP contribution in [0.25, 0.3) is 33.7 Å². The van der Waals surface area contributed by atoms with Gasteiger partial charge in [-0.2, -0.15) is 9.50 Å². The van der Waals surface area contributed by atoms with Gasteiger partial charge in [0.05, 0.1) is 0 Å². The summed E-state index contributed by atoms with van der Waals surface area (Å²) < 4.78 is 7.72.